The molecule has 0 saturated heterocycles. The third-order valence-corrected chi connectivity index (χ3v) is 4.56. The summed E-state index contributed by atoms with van der Waals surface area (Å²) >= 11 is 10.1. The SMILES string of the molecule is COc1ccc(C(Cl)c2ccc(C)c(Br)c2)cc1C. The van der Waals surface area contributed by atoms with Crippen molar-refractivity contribution in [3.8, 4) is 5.75 Å². The highest BCUT2D eigenvalue weighted by atomic mass is 79.9. The average molecular weight is 340 g/mol. The summed E-state index contributed by atoms with van der Waals surface area (Å²) in [6.45, 7) is 4.09. The van der Waals surface area contributed by atoms with Gasteiger partial charge in [0.15, 0.2) is 0 Å². The molecule has 0 spiro atoms. The number of hydrogen-bond donors (Lipinski definition) is 0. The van der Waals surface area contributed by atoms with Crippen LogP contribution in [0.3, 0.4) is 0 Å². The van der Waals surface area contributed by atoms with Crippen molar-refractivity contribution in [2.75, 3.05) is 7.11 Å². The highest BCUT2D eigenvalue weighted by Crippen LogP contribution is 2.33. The summed E-state index contributed by atoms with van der Waals surface area (Å²) in [4.78, 5) is 0. The summed E-state index contributed by atoms with van der Waals surface area (Å²) in [6.07, 6.45) is 0. The highest BCUT2D eigenvalue weighted by Gasteiger charge is 2.13. The van der Waals surface area contributed by atoms with Crippen LogP contribution in [0.25, 0.3) is 0 Å². The quantitative estimate of drug-likeness (QED) is 0.680. The van der Waals surface area contributed by atoms with Crippen LogP contribution in [-0.2, 0) is 0 Å². The minimum atomic E-state index is -0.151. The van der Waals surface area contributed by atoms with Crippen LogP contribution in [0.4, 0.5) is 0 Å². The molecule has 0 aromatic heterocycles. The van der Waals surface area contributed by atoms with Crippen molar-refractivity contribution in [2.45, 2.75) is 19.2 Å². The van der Waals surface area contributed by atoms with E-state index in [9.17, 15) is 0 Å². The molecule has 0 radical (unpaired) electrons. The minimum Gasteiger partial charge on any atom is -0.496 e. The van der Waals surface area contributed by atoms with E-state index in [2.05, 4.69) is 47.1 Å². The minimum absolute atomic E-state index is 0.151. The monoisotopic (exact) mass is 338 g/mol. The predicted octanol–water partition coefficient (Wildman–Crippen LogP) is 5.40. The molecule has 100 valence electrons. The number of benzene rings is 2. The van der Waals surface area contributed by atoms with Crippen LogP contribution in [0.1, 0.15) is 27.6 Å². The van der Waals surface area contributed by atoms with Crippen molar-refractivity contribution in [3.63, 3.8) is 0 Å². The number of ether oxygens (including phenoxy) is 1. The van der Waals surface area contributed by atoms with Gasteiger partial charge in [-0.25, -0.2) is 0 Å². The van der Waals surface area contributed by atoms with E-state index in [0.29, 0.717) is 0 Å². The molecular formula is C16H16BrClO. The predicted molar refractivity (Wildman–Crippen MR) is 84.3 cm³/mol. The van der Waals surface area contributed by atoms with Crippen LogP contribution < -0.4 is 4.74 Å². The fraction of sp³-hybridized carbons (Fsp3) is 0.250. The molecule has 0 fully saturated rings. The molecule has 0 N–H and O–H groups in total. The Morgan fingerprint density at radius 3 is 2.21 bits per heavy atom. The second kappa shape index (κ2) is 5.98. The smallest absolute Gasteiger partial charge is 0.121 e. The van der Waals surface area contributed by atoms with Gasteiger partial charge in [0.2, 0.25) is 0 Å². The fourth-order valence-corrected chi connectivity index (χ4v) is 2.69. The van der Waals surface area contributed by atoms with Crippen LogP contribution >= 0.6 is 27.5 Å². The number of halogens is 2. The molecular weight excluding hydrogens is 324 g/mol. The van der Waals surface area contributed by atoms with Gasteiger partial charge >= 0.3 is 0 Å². The maximum absolute atomic E-state index is 6.56. The largest absolute Gasteiger partial charge is 0.496 e. The van der Waals surface area contributed by atoms with E-state index in [1.165, 1.54) is 5.56 Å². The Balaban J connectivity index is 2.35. The molecule has 1 atom stereocenters. The van der Waals surface area contributed by atoms with Gasteiger partial charge in [0.1, 0.15) is 5.75 Å². The van der Waals surface area contributed by atoms with Crippen LogP contribution in [-0.4, -0.2) is 7.11 Å². The molecule has 2 aromatic rings. The molecule has 1 unspecified atom stereocenters. The van der Waals surface area contributed by atoms with Crippen molar-refractivity contribution < 1.29 is 4.74 Å². The summed E-state index contributed by atoms with van der Waals surface area (Å²) in [5.41, 5.74) is 4.47. The maximum Gasteiger partial charge on any atom is 0.121 e. The van der Waals surface area contributed by atoms with Crippen molar-refractivity contribution >= 4 is 27.5 Å². The van der Waals surface area contributed by atoms with Gasteiger partial charge in [-0.05, 0) is 48.2 Å². The van der Waals surface area contributed by atoms with Gasteiger partial charge in [0.05, 0.1) is 12.5 Å². The summed E-state index contributed by atoms with van der Waals surface area (Å²) in [7, 11) is 1.68. The lowest BCUT2D eigenvalue weighted by Gasteiger charge is -2.14. The first-order chi connectivity index (χ1) is 9.02. The molecule has 0 bridgehead atoms. The molecule has 0 saturated carbocycles. The number of aryl methyl sites for hydroxylation is 2. The van der Waals surface area contributed by atoms with Crippen molar-refractivity contribution in [1.82, 2.24) is 0 Å². The van der Waals surface area contributed by atoms with Crippen molar-refractivity contribution in [1.29, 1.82) is 0 Å². The normalized spacial score (nSPS) is 12.3. The Morgan fingerprint density at radius 1 is 1.00 bits per heavy atom. The first-order valence-electron chi connectivity index (χ1n) is 6.07. The molecule has 0 aliphatic heterocycles. The number of methoxy groups -OCH3 is 1. The first-order valence-corrected chi connectivity index (χ1v) is 7.30. The van der Waals surface area contributed by atoms with E-state index in [1.54, 1.807) is 7.11 Å². The Kier molecular flexibility index (Phi) is 4.54. The van der Waals surface area contributed by atoms with E-state index in [1.807, 2.05) is 19.1 Å². The lowest BCUT2D eigenvalue weighted by molar-refractivity contribution is 0.411. The summed E-state index contributed by atoms with van der Waals surface area (Å²) in [5.74, 6) is 0.887. The second-order valence-electron chi connectivity index (χ2n) is 4.60. The van der Waals surface area contributed by atoms with Crippen LogP contribution in [0, 0.1) is 13.8 Å². The zero-order valence-corrected chi connectivity index (χ0v) is 13.5. The van der Waals surface area contributed by atoms with Crippen LogP contribution in [0.15, 0.2) is 40.9 Å². The highest BCUT2D eigenvalue weighted by molar-refractivity contribution is 9.10. The van der Waals surface area contributed by atoms with E-state index >= 15 is 0 Å². The first kappa shape index (κ1) is 14.4. The van der Waals surface area contributed by atoms with Gasteiger partial charge in [-0.3, -0.25) is 0 Å². The van der Waals surface area contributed by atoms with E-state index in [4.69, 9.17) is 16.3 Å². The van der Waals surface area contributed by atoms with E-state index in [0.717, 1.165) is 26.9 Å². The van der Waals surface area contributed by atoms with Gasteiger partial charge in [-0.15, -0.1) is 11.6 Å². The van der Waals surface area contributed by atoms with Gasteiger partial charge < -0.3 is 4.74 Å². The van der Waals surface area contributed by atoms with Gasteiger partial charge in [0, 0.05) is 4.47 Å². The average Bonchev–Trinajstić information content (AvgIpc) is 2.41. The number of rotatable bonds is 3. The summed E-state index contributed by atoms with van der Waals surface area (Å²) < 4.78 is 6.35. The topological polar surface area (TPSA) is 9.23 Å². The third-order valence-electron chi connectivity index (χ3n) is 3.20. The van der Waals surface area contributed by atoms with Gasteiger partial charge in [-0.1, -0.05) is 40.2 Å². The van der Waals surface area contributed by atoms with Crippen LogP contribution in [0.2, 0.25) is 0 Å². The van der Waals surface area contributed by atoms with Crippen molar-refractivity contribution in [3.05, 3.63) is 63.1 Å². The zero-order valence-electron chi connectivity index (χ0n) is 11.2. The second-order valence-corrected chi connectivity index (χ2v) is 5.89. The summed E-state index contributed by atoms with van der Waals surface area (Å²) in [5, 5.41) is -0.151. The molecule has 0 aliphatic carbocycles. The molecule has 0 aliphatic rings. The lowest BCUT2D eigenvalue weighted by atomic mass is 10.0. The van der Waals surface area contributed by atoms with E-state index < -0.39 is 0 Å². The Morgan fingerprint density at radius 2 is 1.63 bits per heavy atom. The van der Waals surface area contributed by atoms with Gasteiger partial charge in [-0.2, -0.15) is 0 Å². The molecule has 19 heavy (non-hydrogen) atoms. The van der Waals surface area contributed by atoms with Crippen molar-refractivity contribution in [2.24, 2.45) is 0 Å². The van der Waals surface area contributed by atoms with Gasteiger partial charge in [0.25, 0.3) is 0 Å². The third kappa shape index (κ3) is 3.13. The molecule has 3 heteroatoms. The van der Waals surface area contributed by atoms with Crippen LogP contribution in [0.5, 0.6) is 5.75 Å². The Hall–Kier alpha value is -0.990. The molecule has 2 aromatic carbocycles. The number of alkyl halides is 1. The lowest BCUT2D eigenvalue weighted by Crippen LogP contribution is -1.96. The maximum atomic E-state index is 6.56. The molecule has 0 heterocycles. The Bertz CT molecular complexity index is 595. The Labute approximate surface area is 127 Å². The van der Waals surface area contributed by atoms with E-state index in [-0.39, 0.29) is 5.38 Å². The fourth-order valence-electron chi connectivity index (χ4n) is 2.02. The molecule has 0 amide bonds. The summed E-state index contributed by atoms with van der Waals surface area (Å²) in [6, 6.07) is 12.3. The molecule has 2 rings (SSSR count). The zero-order chi connectivity index (χ0) is 14.0. The molecule has 1 nitrogen and oxygen atoms in total. The number of hydrogen-bond acceptors (Lipinski definition) is 1. The standard InChI is InChI=1S/C16H16BrClO/c1-10-4-5-13(9-14(10)17)16(18)12-6-7-15(19-3)11(2)8-12/h4-9,16H,1-3H3.